The molecule has 0 aliphatic carbocycles. The van der Waals surface area contributed by atoms with Crippen molar-refractivity contribution >= 4 is 34.9 Å². The lowest BCUT2D eigenvalue weighted by atomic mass is 10.1. The van der Waals surface area contributed by atoms with E-state index in [1.807, 2.05) is 17.0 Å². The number of nitrogens with zero attached hydrogens (tertiary/aromatic N) is 2. The van der Waals surface area contributed by atoms with Crippen molar-refractivity contribution in [3.05, 3.63) is 45.6 Å². The molecule has 0 bridgehead atoms. The molecule has 1 saturated heterocycles. The van der Waals surface area contributed by atoms with Crippen molar-refractivity contribution in [3.8, 4) is 11.5 Å². The van der Waals surface area contributed by atoms with Gasteiger partial charge in [-0.25, -0.2) is 4.98 Å². The highest BCUT2D eigenvalue weighted by Crippen LogP contribution is 2.38. The van der Waals surface area contributed by atoms with Gasteiger partial charge in [0.15, 0.2) is 11.5 Å². The van der Waals surface area contributed by atoms with Crippen LogP contribution in [0.5, 0.6) is 11.5 Å². The van der Waals surface area contributed by atoms with E-state index in [1.54, 1.807) is 12.3 Å². The smallest absolute Gasteiger partial charge is 0.255 e. The fourth-order valence-corrected chi connectivity index (χ4v) is 4.06. The Bertz CT molecular complexity index is 901. The Labute approximate surface area is 180 Å². The molecule has 6 nitrogen and oxygen atoms in total. The number of hydrogen-bond acceptors (Lipinski definition) is 5. The van der Waals surface area contributed by atoms with E-state index in [2.05, 4.69) is 10.3 Å². The van der Waals surface area contributed by atoms with Gasteiger partial charge in [-0.2, -0.15) is 0 Å². The highest BCUT2D eigenvalue weighted by Gasteiger charge is 2.20. The van der Waals surface area contributed by atoms with Crippen LogP contribution in [0, 0.1) is 0 Å². The first-order chi connectivity index (χ1) is 14.1. The maximum absolute atomic E-state index is 12.6. The van der Waals surface area contributed by atoms with E-state index in [9.17, 15) is 4.79 Å². The molecule has 1 aromatic carbocycles. The molecule has 3 heterocycles. The number of likely N-dealkylation sites (tertiary alicyclic amines) is 1. The van der Waals surface area contributed by atoms with Crippen LogP contribution >= 0.6 is 23.2 Å². The lowest BCUT2D eigenvalue weighted by Crippen LogP contribution is -2.35. The normalized spacial score (nSPS) is 16.3. The molecule has 1 N–H and O–H groups in total. The minimum Gasteiger partial charge on any atom is -0.489 e. The number of carbonyl (C=O) groups excluding carboxylic acids is 1. The molecular weight excluding hydrogens is 413 g/mol. The number of aromatic nitrogens is 1. The van der Waals surface area contributed by atoms with Gasteiger partial charge in [0.1, 0.15) is 5.82 Å². The molecule has 2 aliphatic heterocycles. The number of carbonyl (C=O) groups is 1. The molecular formula is C21H23Cl2N3O3. The van der Waals surface area contributed by atoms with Crippen LogP contribution in [0.1, 0.15) is 41.6 Å². The van der Waals surface area contributed by atoms with Crippen molar-refractivity contribution in [2.75, 3.05) is 31.6 Å². The molecule has 0 unspecified atom stereocenters. The van der Waals surface area contributed by atoms with Gasteiger partial charge in [-0.1, -0.05) is 23.2 Å². The maximum Gasteiger partial charge on any atom is 0.255 e. The molecule has 0 spiro atoms. The molecule has 1 amide bonds. The summed E-state index contributed by atoms with van der Waals surface area (Å²) >= 11 is 12.7. The zero-order valence-electron chi connectivity index (χ0n) is 16.0. The highest BCUT2D eigenvalue weighted by molar-refractivity contribution is 6.33. The zero-order chi connectivity index (χ0) is 20.2. The number of fused-ring (bicyclic) bond motifs is 1. The number of rotatable bonds is 4. The van der Waals surface area contributed by atoms with Crippen molar-refractivity contribution in [2.24, 2.45) is 0 Å². The van der Waals surface area contributed by atoms with Gasteiger partial charge >= 0.3 is 0 Å². The summed E-state index contributed by atoms with van der Waals surface area (Å²) in [6.07, 6.45) is 5.66. The summed E-state index contributed by atoms with van der Waals surface area (Å²) in [5.41, 5.74) is 1.44. The number of anilines is 1. The summed E-state index contributed by atoms with van der Waals surface area (Å²) in [7, 11) is 0. The number of pyridine rings is 1. The Morgan fingerprint density at radius 1 is 1.03 bits per heavy atom. The minimum atomic E-state index is -0.0136. The van der Waals surface area contributed by atoms with Gasteiger partial charge < -0.3 is 19.7 Å². The van der Waals surface area contributed by atoms with E-state index in [0.717, 1.165) is 37.9 Å². The van der Waals surface area contributed by atoms with Gasteiger partial charge in [-0.05, 0) is 43.0 Å². The predicted octanol–water partition coefficient (Wildman–Crippen LogP) is 4.79. The van der Waals surface area contributed by atoms with Crippen LogP contribution in [0.3, 0.4) is 0 Å². The van der Waals surface area contributed by atoms with Gasteiger partial charge in [0.05, 0.1) is 28.8 Å². The molecule has 2 aromatic rings. The molecule has 0 saturated carbocycles. The van der Waals surface area contributed by atoms with Crippen LogP contribution in [0.15, 0.2) is 24.4 Å². The molecule has 1 fully saturated rings. The summed E-state index contributed by atoms with van der Waals surface area (Å²) in [5, 5.41) is 4.13. The third kappa shape index (κ3) is 4.70. The second-order valence-electron chi connectivity index (χ2n) is 7.22. The standard InChI is InChI=1S/C21H23Cl2N3O3/c22-16-9-14(10-18-19(16)29-8-4-7-28-18)12-24-20-17(23)11-15(13-25-20)21(27)26-5-2-1-3-6-26/h9-11,13H,1-8,12H2,(H,24,25). The van der Waals surface area contributed by atoms with Crippen molar-refractivity contribution < 1.29 is 14.3 Å². The summed E-state index contributed by atoms with van der Waals surface area (Å²) in [6, 6.07) is 5.42. The SMILES string of the molecule is O=C(c1cnc(NCc2cc(Cl)c3c(c2)OCCCO3)c(Cl)c1)N1CCCCC1. The molecule has 0 radical (unpaired) electrons. The van der Waals surface area contributed by atoms with Gasteiger partial charge in [-0.15, -0.1) is 0 Å². The van der Waals surface area contributed by atoms with Crippen LogP contribution in [0.2, 0.25) is 10.0 Å². The van der Waals surface area contributed by atoms with Crippen molar-refractivity contribution in [3.63, 3.8) is 0 Å². The van der Waals surface area contributed by atoms with Crippen molar-refractivity contribution in [1.29, 1.82) is 0 Å². The average molecular weight is 436 g/mol. The Balaban J connectivity index is 1.44. The Morgan fingerprint density at radius 2 is 1.83 bits per heavy atom. The summed E-state index contributed by atoms with van der Waals surface area (Å²) in [4.78, 5) is 18.8. The molecule has 1 aromatic heterocycles. The first-order valence-electron chi connectivity index (χ1n) is 9.88. The number of hydrogen-bond donors (Lipinski definition) is 1. The molecule has 29 heavy (non-hydrogen) atoms. The maximum atomic E-state index is 12.6. The number of halogens is 2. The predicted molar refractivity (Wildman–Crippen MR) is 113 cm³/mol. The topological polar surface area (TPSA) is 63.7 Å². The molecule has 8 heteroatoms. The third-order valence-corrected chi connectivity index (χ3v) is 5.62. The van der Waals surface area contributed by atoms with Gasteiger partial charge in [0.25, 0.3) is 5.91 Å². The fourth-order valence-electron chi connectivity index (χ4n) is 3.54. The van der Waals surface area contributed by atoms with Crippen molar-refractivity contribution in [1.82, 2.24) is 9.88 Å². The van der Waals surface area contributed by atoms with Gasteiger partial charge in [-0.3, -0.25) is 4.79 Å². The molecule has 154 valence electrons. The largest absolute Gasteiger partial charge is 0.489 e. The van der Waals surface area contributed by atoms with E-state index in [4.69, 9.17) is 32.7 Å². The lowest BCUT2D eigenvalue weighted by Gasteiger charge is -2.26. The second-order valence-corrected chi connectivity index (χ2v) is 8.03. The van der Waals surface area contributed by atoms with E-state index < -0.39 is 0 Å². The van der Waals surface area contributed by atoms with Gasteiger partial charge in [0.2, 0.25) is 0 Å². The number of benzene rings is 1. The number of nitrogens with one attached hydrogen (secondary N) is 1. The Hall–Kier alpha value is -2.18. The quantitative estimate of drug-likeness (QED) is 0.747. The monoisotopic (exact) mass is 435 g/mol. The van der Waals surface area contributed by atoms with Crippen LogP contribution in [0.25, 0.3) is 0 Å². The fraction of sp³-hybridized carbons (Fsp3) is 0.429. The number of ether oxygens (including phenoxy) is 2. The van der Waals surface area contributed by atoms with E-state index in [-0.39, 0.29) is 5.91 Å². The summed E-state index contributed by atoms with van der Waals surface area (Å²) < 4.78 is 11.4. The molecule has 2 aliphatic rings. The summed E-state index contributed by atoms with van der Waals surface area (Å²) in [6.45, 7) is 3.23. The summed E-state index contributed by atoms with van der Waals surface area (Å²) in [5.74, 6) is 1.74. The highest BCUT2D eigenvalue weighted by atomic mass is 35.5. The first kappa shape index (κ1) is 20.1. The van der Waals surface area contributed by atoms with Gasteiger partial charge in [0, 0.05) is 32.3 Å². The molecule has 0 atom stereocenters. The van der Waals surface area contributed by atoms with Crippen LogP contribution in [0.4, 0.5) is 5.82 Å². The van der Waals surface area contributed by atoms with Crippen LogP contribution in [-0.4, -0.2) is 42.1 Å². The van der Waals surface area contributed by atoms with E-state index in [0.29, 0.717) is 52.7 Å². The lowest BCUT2D eigenvalue weighted by molar-refractivity contribution is 0.0724. The number of amides is 1. The first-order valence-corrected chi connectivity index (χ1v) is 10.6. The minimum absolute atomic E-state index is 0.0136. The third-order valence-electron chi connectivity index (χ3n) is 5.05. The van der Waals surface area contributed by atoms with E-state index >= 15 is 0 Å². The van der Waals surface area contributed by atoms with Crippen molar-refractivity contribution in [2.45, 2.75) is 32.2 Å². The Morgan fingerprint density at radius 3 is 2.62 bits per heavy atom. The second kappa shape index (κ2) is 9.09. The Kier molecular flexibility index (Phi) is 6.31. The molecule has 4 rings (SSSR count). The van der Waals surface area contributed by atoms with Crippen LogP contribution < -0.4 is 14.8 Å². The number of piperidine rings is 1. The average Bonchev–Trinajstić information content (AvgIpc) is 2.99. The van der Waals surface area contributed by atoms with Crippen LogP contribution in [-0.2, 0) is 6.54 Å². The van der Waals surface area contributed by atoms with E-state index in [1.165, 1.54) is 6.42 Å². The zero-order valence-corrected chi connectivity index (χ0v) is 17.6.